The molecule has 0 amide bonds. The predicted molar refractivity (Wildman–Crippen MR) is 51.3 cm³/mol. The Morgan fingerprint density at radius 2 is 2.17 bits per heavy atom. The van der Waals surface area contributed by atoms with E-state index >= 15 is 0 Å². The van der Waals surface area contributed by atoms with Gasteiger partial charge in [0.2, 0.25) is 0 Å². The molecule has 1 aliphatic rings. The summed E-state index contributed by atoms with van der Waals surface area (Å²) in [4.78, 5) is 0. The van der Waals surface area contributed by atoms with Crippen molar-refractivity contribution in [1.29, 1.82) is 0 Å². The zero-order valence-corrected chi connectivity index (χ0v) is 8.52. The maximum Gasteiger partial charge on any atom is 0.0493 e. The van der Waals surface area contributed by atoms with Gasteiger partial charge in [0.1, 0.15) is 0 Å². The van der Waals surface area contributed by atoms with Crippen LogP contribution in [0.1, 0.15) is 26.2 Å². The van der Waals surface area contributed by atoms with E-state index in [1.807, 2.05) is 7.05 Å². The van der Waals surface area contributed by atoms with Gasteiger partial charge in [0.05, 0.1) is 0 Å². The van der Waals surface area contributed by atoms with Crippen LogP contribution in [0.2, 0.25) is 0 Å². The molecule has 0 aromatic carbocycles. The third kappa shape index (κ3) is 1.80. The van der Waals surface area contributed by atoms with E-state index < -0.39 is 0 Å². The highest BCUT2D eigenvalue weighted by Gasteiger charge is 2.40. The predicted octanol–water partition coefficient (Wildman–Crippen LogP) is 1.66. The van der Waals surface area contributed by atoms with Crippen LogP contribution in [-0.4, -0.2) is 27.3 Å². The fraction of sp³-hybridized carbons (Fsp3) is 1.00. The number of hydrogen-bond donors (Lipinski definition) is 1. The van der Waals surface area contributed by atoms with Gasteiger partial charge in [0, 0.05) is 20.3 Å². The van der Waals surface area contributed by atoms with E-state index in [9.17, 15) is 0 Å². The van der Waals surface area contributed by atoms with Crippen LogP contribution in [0, 0.1) is 11.3 Å². The SMILES string of the molecule is CNCC1(C(C)COC)CCC1. The highest BCUT2D eigenvalue weighted by Crippen LogP contribution is 2.46. The number of hydrogen-bond acceptors (Lipinski definition) is 2. The van der Waals surface area contributed by atoms with Gasteiger partial charge in [-0.2, -0.15) is 0 Å². The van der Waals surface area contributed by atoms with Crippen molar-refractivity contribution in [2.75, 3.05) is 27.3 Å². The van der Waals surface area contributed by atoms with Crippen LogP contribution < -0.4 is 5.32 Å². The molecule has 0 aromatic heterocycles. The smallest absolute Gasteiger partial charge is 0.0493 e. The summed E-state index contributed by atoms with van der Waals surface area (Å²) in [6, 6.07) is 0. The first-order valence-electron chi connectivity index (χ1n) is 4.89. The van der Waals surface area contributed by atoms with Crippen molar-refractivity contribution >= 4 is 0 Å². The van der Waals surface area contributed by atoms with Gasteiger partial charge in [-0.3, -0.25) is 0 Å². The number of methoxy groups -OCH3 is 1. The second-order valence-electron chi connectivity index (χ2n) is 4.10. The summed E-state index contributed by atoms with van der Waals surface area (Å²) in [6.07, 6.45) is 4.15. The van der Waals surface area contributed by atoms with E-state index in [-0.39, 0.29) is 0 Å². The lowest BCUT2D eigenvalue weighted by Gasteiger charge is -2.46. The summed E-state index contributed by atoms with van der Waals surface area (Å²) in [5, 5.41) is 3.29. The maximum atomic E-state index is 5.20. The van der Waals surface area contributed by atoms with Gasteiger partial charge < -0.3 is 10.1 Å². The van der Waals surface area contributed by atoms with Gasteiger partial charge in [-0.25, -0.2) is 0 Å². The molecule has 1 saturated carbocycles. The zero-order chi connectivity index (χ0) is 9.03. The van der Waals surface area contributed by atoms with Crippen LogP contribution in [0.4, 0.5) is 0 Å². The molecule has 1 unspecified atom stereocenters. The summed E-state index contributed by atoms with van der Waals surface area (Å²) in [7, 11) is 3.84. The van der Waals surface area contributed by atoms with Gasteiger partial charge in [-0.15, -0.1) is 0 Å². The minimum atomic E-state index is 0.546. The van der Waals surface area contributed by atoms with Gasteiger partial charge in [-0.05, 0) is 31.2 Å². The number of rotatable bonds is 5. The Balaban J connectivity index is 2.41. The van der Waals surface area contributed by atoms with E-state index in [0.29, 0.717) is 11.3 Å². The molecule has 0 bridgehead atoms. The lowest BCUT2D eigenvalue weighted by atomic mass is 9.61. The monoisotopic (exact) mass is 171 g/mol. The van der Waals surface area contributed by atoms with Gasteiger partial charge in [-0.1, -0.05) is 13.3 Å². The second kappa shape index (κ2) is 4.24. The van der Waals surface area contributed by atoms with Crippen LogP contribution in [0.15, 0.2) is 0 Å². The standard InChI is InChI=1S/C10H21NO/c1-9(7-12-3)10(8-11-2)5-4-6-10/h9,11H,4-8H2,1-3H3. The summed E-state index contributed by atoms with van der Waals surface area (Å²) < 4.78 is 5.20. The van der Waals surface area contributed by atoms with Gasteiger partial charge in [0.25, 0.3) is 0 Å². The molecule has 1 N–H and O–H groups in total. The van der Waals surface area contributed by atoms with Crippen LogP contribution in [0.3, 0.4) is 0 Å². The minimum Gasteiger partial charge on any atom is -0.384 e. The molecule has 0 heterocycles. The van der Waals surface area contributed by atoms with Gasteiger partial charge >= 0.3 is 0 Å². The molecule has 12 heavy (non-hydrogen) atoms. The fourth-order valence-electron chi connectivity index (χ4n) is 2.25. The molecule has 72 valence electrons. The van der Waals surface area contributed by atoms with Crippen molar-refractivity contribution < 1.29 is 4.74 Å². The highest BCUT2D eigenvalue weighted by atomic mass is 16.5. The highest BCUT2D eigenvalue weighted by molar-refractivity contribution is 4.92. The quantitative estimate of drug-likeness (QED) is 0.679. The molecule has 0 radical (unpaired) electrons. The van der Waals surface area contributed by atoms with E-state index in [0.717, 1.165) is 13.2 Å². The lowest BCUT2D eigenvalue weighted by molar-refractivity contribution is 0.0106. The molecule has 1 fully saturated rings. The summed E-state index contributed by atoms with van der Waals surface area (Å²) in [6.45, 7) is 4.36. The summed E-state index contributed by atoms with van der Waals surface area (Å²) >= 11 is 0. The Hall–Kier alpha value is -0.0800. The van der Waals surface area contributed by atoms with Crippen molar-refractivity contribution in [3.63, 3.8) is 0 Å². The van der Waals surface area contributed by atoms with E-state index in [1.165, 1.54) is 19.3 Å². The lowest BCUT2D eigenvalue weighted by Crippen LogP contribution is -2.45. The van der Waals surface area contributed by atoms with Crippen LogP contribution in [0.5, 0.6) is 0 Å². The Kier molecular flexibility index (Phi) is 3.53. The third-order valence-corrected chi connectivity index (χ3v) is 3.34. The molecule has 2 heteroatoms. The first kappa shape index (κ1) is 10.0. The molecule has 1 atom stereocenters. The summed E-state index contributed by atoms with van der Waals surface area (Å²) in [5.74, 6) is 0.698. The Morgan fingerprint density at radius 1 is 1.50 bits per heavy atom. The molecule has 0 saturated heterocycles. The minimum absolute atomic E-state index is 0.546. The van der Waals surface area contributed by atoms with Crippen LogP contribution >= 0.6 is 0 Å². The van der Waals surface area contributed by atoms with Crippen LogP contribution in [0.25, 0.3) is 0 Å². The van der Waals surface area contributed by atoms with Crippen molar-refractivity contribution in [2.45, 2.75) is 26.2 Å². The molecular weight excluding hydrogens is 150 g/mol. The fourth-order valence-corrected chi connectivity index (χ4v) is 2.25. The molecule has 0 spiro atoms. The van der Waals surface area contributed by atoms with Crippen LogP contribution in [-0.2, 0) is 4.74 Å². The number of ether oxygens (including phenoxy) is 1. The molecule has 0 aromatic rings. The zero-order valence-electron chi connectivity index (χ0n) is 8.52. The Morgan fingerprint density at radius 3 is 2.50 bits per heavy atom. The van der Waals surface area contributed by atoms with Crippen molar-refractivity contribution in [1.82, 2.24) is 5.32 Å². The van der Waals surface area contributed by atoms with E-state index in [4.69, 9.17) is 4.74 Å². The topological polar surface area (TPSA) is 21.3 Å². The Bertz CT molecular complexity index is 132. The average molecular weight is 171 g/mol. The first-order valence-corrected chi connectivity index (χ1v) is 4.89. The molecule has 0 aliphatic heterocycles. The molecule has 1 rings (SSSR count). The maximum absolute atomic E-state index is 5.20. The normalized spacial score (nSPS) is 23.2. The Labute approximate surface area is 75.7 Å². The number of nitrogens with one attached hydrogen (secondary N) is 1. The van der Waals surface area contributed by atoms with Gasteiger partial charge in [0.15, 0.2) is 0 Å². The van der Waals surface area contributed by atoms with Crippen molar-refractivity contribution in [3.05, 3.63) is 0 Å². The second-order valence-corrected chi connectivity index (χ2v) is 4.10. The molecular formula is C10H21NO. The first-order chi connectivity index (χ1) is 5.75. The third-order valence-electron chi connectivity index (χ3n) is 3.34. The molecule has 1 aliphatic carbocycles. The largest absolute Gasteiger partial charge is 0.384 e. The van der Waals surface area contributed by atoms with Crippen molar-refractivity contribution in [3.8, 4) is 0 Å². The molecule has 2 nitrogen and oxygen atoms in total. The van der Waals surface area contributed by atoms with E-state index in [2.05, 4.69) is 12.2 Å². The van der Waals surface area contributed by atoms with Crippen molar-refractivity contribution in [2.24, 2.45) is 11.3 Å². The van der Waals surface area contributed by atoms with E-state index in [1.54, 1.807) is 7.11 Å². The average Bonchev–Trinajstić information content (AvgIpc) is 1.97. The summed E-state index contributed by atoms with van der Waals surface area (Å²) in [5.41, 5.74) is 0.546.